The van der Waals surface area contributed by atoms with Crippen LogP contribution in [-0.2, 0) is 13.0 Å². The number of anilines is 1. The summed E-state index contributed by atoms with van der Waals surface area (Å²) in [6.45, 7) is 4.46. The molecule has 0 spiro atoms. The summed E-state index contributed by atoms with van der Waals surface area (Å²) < 4.78 is 0. The van der Waals surface area contributed by atoms with E-state index in [1.165, 1.54) is 11.3 Å². The molecule has 0 unspecified atom stereocenters. The van der Waals surface area contributed by atoms with E-state index in [9.17, 15) is 4.79 Å². The molecule has 28 heavy (non-hydrogen) atoms. The van der Waals surface area contributed by atoms with Gasteiger partial charge in [-0.3, -0.25) is 9.69 Å². The van der Waals surface area contributed by atoms with Crippen molar-refractivity contribution in [2.75, 3.05) is 25.0 Å². The average Bonchev–Trinajstić information content (AvgIpc) is 3.14. The molecule has 1 amide bonds. The third-order valence-corrected chi connectivity index (χ3v) is 6.17. The van der Waals surface area contributed by atoms with Gasteiger partial charge in [-0.2, -0.15) is 0 Å². The number of thiazole rings is 1. The number of carbonyl (C=O) groups excluding carboxylic acids is 1. The number of rotatable bonds is 5. The van der Waals surface area contributed by atoms with Gasteiger partial charge in [0.05, 0.1) is 12.3 Å². The van der Waals surface area contributed by atoms with Crippen molar-refractivity contribution in [1.82, 2.24) is 9.88 Å². The van der Waals surface area contributed by atoms with Crippen LogP contribution in [0.15, 0.2) is 48.5 Å². The third-order valence-electron chi connectivity index (χ3n) is 5.09. The topological polar surface area (TPSA) is 65.5 Å². The number of hydrogen-bond donors (Lipinski definition) is 2. The van der Waals surface area contributed by atoms with Gasteiger partial charge in [-0.15, -0.1) is 11.3 Å². The first-order chi connectivity index (χ1) is 13.7. The first-order valence-corrected chi connectivity index (χ1v) is 10.3. The molecule has 0 aliphatic carbocycles. The van der Waals surface area contributed by atoms with E-state index in [4.69, 9.17) is 5.11 Å². The van der Waals surface area contributed by atoms with Gasteiger partial charge >= 0.3 is 0 Å². The Bertz CT molecular complexity index is 985. The number of carbonyl (C=O) groups is 1. The van der Waals surface area contributed by atoms with E-state index in [1.54, 1.807) is 0 Å². The Morgan fingerprint density at radius 1 is 1.21 bits per heavy atom. The van der Waals surface area contributed by atoms with Crippen molar-refractivity contribution in [1.29, 1.82) is 0 Å². The lowest BCUT2D eigenvalue weighted by molar-refractivity contribution is 0.102. The molecule has 1 aliphatic heterocycles. The molecule has 1 aliphatic rings. The lowest BCUT2D eigenvalue weighted by Gasteiger charge is -2.24. The summed E-state index contributed by atoms with van der Waals surface area (Å²) >= 11 is 1.45. The zero-order valence-corrected chi connectivity index (χ0v) is 16.6. The van der Waals surface area contributed by atoms with Gasteiger partial charge in [0.25, 0.3) is 5.91 Å². The fourth-order valence-electron chi connectivity index (χ4n) is 3.56. The van der Waals surface area contributed by atoms with Gasteiger partial charge in [-0.05, 0) is 29.7 Å². The number of hydrogen-bond acceptors (Lipinski definition) is 5. The number of nitrogens with zero attached hydrogens (tertiary/aromatic N) is 2. The number of fused-ring (bicyclic) bond motifs is 1. The highest BCUT2D eigenvalue weighted by Crippen LogP contribution is 2.30. The van der Waals surface area contributed by atoms with Crippen molar-refractivity contribution in [2.45, 2.75) is 19.9 Å². The predicted octanol–water partition coefficient (Wildman–Crippen LogP) is 3.72. The molecule has 0 radical (unpaired) electrons. The van der Waals surface area contributed by atoms with Gasteiger partial charge in [0, 0.05) is 36.6 Å². The zero-order chi connectivity index (χ0) is 19.5. The normalized spacial score (nSPS) is 13.9. The van der Waals surface area contributed by atoms with E-state index in [0.717, 1.165) is 52.5 Å². The van der Waals surface area contributed by atoms with Gasteiger partial charge in [-0.1, -0.05) is 42.5 Å². The Hall–Kier alpha value is -2.54. The molecule has 6 heteroatoms. The summed E-state index contributed by atoms with van der Waals surface area (Å²) in [5, 5.41) is 12.7. The summed E-state index contributed by atoms with van der Waals surface area (Å²) in [5.41, 5.74) is 5.10. The third kappa shape index (κ3) is 3.85. The predicted molar refractivity (Wildman–Crippen MR) is 113 cm³/mol. The maximum Gasteiger partial charge on any atom is 0.284 e. The minimum absolute atomic E-state index is 0.151. The second-order valence-corrected chi connectivity index (χ2v) is 8.02. The Morgan fingerprint density at radius 3 is 2.82 bits per heavy atom. The lowest BCUT2D eigenvalue weighted by Crippen LogP contribution is -2.32. The molecule has 0 bridgehead atoms. The number of aliphatic hydroxyl groups excluding tert-OH is 1. The molecule has 2 N–H and O–H groups in total. The number of aliphatic hydroxyl groups is 1. The highest BCUT2D eigenvalue weighted by Gasteiger charge is 2.23. The highest BCUT2D eigenvalue weighted by molar-refractivity contribution is 7.13. The Balaban J connectivity index is 1.54. The van der Waals surface area contributed by atoms with E-state index in [0.29, 0.717) is 11.6 Å². The maximum absolute atomic E-state index is 12.8. The monoisotopic (exact) mass is 393 g/mol. The average molecular weight is 394 g/mol. The smallest absolute Gasteiger partial charge is 0.284 e. The van der Waals surface area contributed by atoms with E-state index in [-0.39, 0.29) is 12.5 Å². The largest absolute Gasteiger partial charge is 0.395 e. The summed E-state index contributed by atoms with van der Waals surface area (Å²) in [6, 6.07) is 16.1. The van der Waals surface area contributed by atoms with Crippen molar-refractivity contribution in [2.24, 2.45) is 0 Å². The second kappa shape index (κ2) is 8.22. The van der Waals surface area contributed by atoms with Crippen LogP contribution in [0.5, 0.6) is 0 Å². The maximum atomic E-state index is 12.8. The number of amides is 1. The van der Waals surface area contributed by atoms with Crippen LogP contribution in [0.4, 0.5) is 5.69 Å². The summed E-state index contributed by atoms with van der Waals surface area (Å²) in [5.74, 6) is -0.165. The number of aromatic nitrogens is 1. The molecule has 4 rings (SSSR count). The van der Waals surface area contributed by atoms with Crippen molar-refractivity contribution >= 4 is 22.9 Å². The lowest BCUT2D eigenvalue weighted by atomic mass is 9.99. The zero-order valence-electron chi connectivity index (χ0n) is 15.8. The minimum atomic E-state index is -0.165. The van der Waals surface area contributed by atoms with Crippen LogP contribution in [-0.4, -0.2) is 40.6 Å². The fraction of sp³-hybridized carbons (Fsp3) is 0.273. The SMILES string of the molecule is Cc1c(NC(=O)c2nc3c(s2)CN(CCO)CC3)cccc1-c1ccccc1. The Morgan fingerprint density at radius 2 is 2.04 bits per heavy atom. The van der Waals surface area contributed by atoms with Crippen LogP contribution in [0.2, 0.25) is 0 Å². The molecule has 3 aromatic rings. The summed E-state index contributed by atoms with van der Waals surface area (Å²) in [4.78, 5) is 20.7. The minimum Gasteiger partial charge on any atom is -0.395 e. The quantitative estimate of drug-likeness (QED) is 0.693. The molecule has 0 atom stereocenters. The highest BCUT2D eigenvalue weighted by atomic mass is 32.1. The molecule has 2 heterocycles. The molecular formula is C22H23N3O2S. The number of β-amino-alcohol motifs (C(OH)–C–C–N with tert-alkyl or cyclic N) is 1. The van der Waals surface area contributed by atoms with E-state index < -0.39 is 0 Å². The van der Waals surface area contributed by atoms with E-state index in [2.05, 4.69) is 33.4 Å². The standard InChI is InChI=1S/C22H23N3O2S/c1-15-17(16-6-3-2-4-7-16)8-5-9-18(15)23-21(27)22-24-19-10-11-25(12-13-26)14-20(19)28-22/h2-9,26H,10-14H2,1H3,(H,23,27). The van der Waals surface area contributed by atoms with Crippen molar-refractivity contribution < 1.29 is 9.90 Å². The van der Waals surface area contributed by atoms with Crippen LogP contribution in [0.1, 0.15) is 25.9 Å². The molecule has 144 valence electrons. The van der Waals surface area contributed by atoms with Gasteiger partial charge in [-0.25, -0.2) is 4.98 Å². The number of nitrogens with one attached hydrogen (secondary N) is 1. The summed E-state index contributed by atoms with van der Waals surface area (Å²) in [7, 11) is 0. The van der Waals surface area contributed by atoms with Crippen molar-refractivity contribution in [3.05, 3.63) is 69.7 Å². The van der Waals surface area contributed by atoms with Crippen LogP contribution < -0.4 is 5.32 Å². The van der Waals surface area contributed by atoms with Gasteiger partial charge in [0.15, 0.2) is 5.01 Å². The van der Waals surface area contributed by atoms with Crippen molar-refractivity contribution in [3.63, 3.8) is 0 Å². The Kier molecular flexibility index (Phi) is 5.52. The molecule has 0 fully saturated rings. The number of benzene rings is 2. The second-order valence-electron chi connectivity index (χ2n) is 6.94. The molecule has 0 saturated heterocycles. The Labute approximate surface area is 168 Å². The van der Waals surface area contributed by atoms with E-state index in [1.807, 2.05) is 37.3 Å². The van der Waals surface area contributed by atoms with Crippen LogP contribution in [0, 0.1) is 6.92 Å². The van der Waals surface area contributed by atoms with E-state index >= 15 is 0 Å². The van der Waals surface area contributed by atoms with Gasteiger partial charge < -0.3 is 10.4 Å². The van der Waals surface area contributed by atoms with Gasteiger partial charge in [0.1, 0.15) is 0 Å². The molecule has 0 saturated carbocycles. The molecular weight excluding hydrogens is 370 g/mol. The molecule has 1 aromatic heterocycles. The first kappa shape index (κ1) is 18.8. The van der Waals surface area contributed by atoms with Crippen molar-refractivity contribution in [3.8, 4) is 11.1 Å². The van der Waals surface area contributed by atoms with Crippen LogP contribution in [0.25, 0.3) is 11.1 Å². The molecule has 5 nitrogen and oxygen atoms in total. The van der Waals surface area contributed by atoms with Crippen LogP contribution >= 0.6 is 11.3 Å². The first-order valence-electron chi connectivity index (χ1n) is 9.44. The fourth-order valence-corrected chi connectivity index (χ4v) is 4.60. The van der Waals surface area contributed by atoms with Gasteiger partial charge in [0.2, 0.25) is 0 Å². The van der Waals surface area contributed by atoms with Crippen LogP contribution in [0.3, 0.4) is 0 Å². The summed E-state index contributed by atoms with van der Waals surface area (Å²) in [6.07, 6.45) is 0.821. The molecule has 2 aromatic carbocycles.